The maximum absolute atomic E-state index is 12.7. The van der Waals surface area contributed by atoms with Crippen molar-refractivity contribution in [2.45, 2.75) is 6.18 Å². The number of ether oxygens (including phenoxy) is 1. The largest absolute Gasteiger partial charge is 0.416 e. The Morgan fingerprint density at radius 3 is 2.55 bits per heavy atom. The standard InChI is InChI=1S/C13H12ClF3N2O2S/c14-9-2-1-8(13(15,16)17)7-10(9)18-11(20)12(22)19-3-5-21-6-4-19/h1-2,7H,3-6H2,(H,18,20). The summed E-state index contributed by atoms with van der Waals surface area (Å²) >= 11 is 10.9. The first-order valence-corrected chi connectivity index (χ1v) is 7.12. The Kier molecular flexibility index (Phi) is 5.25. The van der Waals surface area contributed by atoms with E-state index in [1.807, 2.05) is 0 Å². The van der Waals surface area contributed by atoms with Crippen LogP contribution in [0.4, 0.5) is 18.9 Å². The summed E-state index contributed by atoms with van der Waals surface area (Å²) in [7, 11) is 0. The quantitative estimate of drug-likeness (QED) is 0.789. The van der Waals surface area contributed by atoms with Gasteiger partial charge in [-0.25, -0.2) is 0 Å². The molecule has 0 aromatic heterocycles. The molecular weight excluding hydrogens is 341 g/mol. The first kappa shape index (κ1) is 17.0. The van der Waals surface area contributed by atoms with Crippen LogP contribution in [0.15, 0.2) is 18.2 Å². The molecule has 2 rings (SSSR count). The fraction of sp³-hybridized carbons (Fsp3) is 0.385. The molecule has 0 radical (unpaired) electrons. The summed E-state index contributed by atoms with van der Waals surface area (Å²) in [6, 6.07) is 2.71. The van der Waals surface area contributed by atoms with Crippen LogP contribution in [0.25, 0.3) is 0 Å². The number of alkyl halides is 3. The Morgan fingerprint density at radius 1 is 1.32 bits per heavy atom. The third-order valence-corrected chi connectivity index (χ3v) is 3.81. The minimum Gasteiger partial charge on any atom is -0.378 e. The van der Waals surface area contributed by atoms with Gasteiger partial charge in [0.15, 0.2) is 4.99 Å². The molecule has 0 spiro atoms. The average molecular weight is 353 g/mol. The fourth-order valence-electron chi connectivity index (χ4n) is 1.88. The zero-order chi connectivity index (χ0) is 16.3. The number of rotatable bonds is 1. The fourth-order valence-corrected chi connectivity index (χ4v) is 2.28. The van der Waals surface area contributed by atoms with Gasteiger partial charge in [0.25, 0.3) is 5.91 Å². The number of nitrogens with one attached hydrogen (secondary N) is 1. The Labute approximate surface area is 135 Å². The van der Waals surface area contributed by atoms with Crippen LogP contribution in [0.1, 0.15) is 5.56 Å². The minimum atomic E-state index is -4.52. The van der Waals surface area contributed by atoms with Crippen molar-refractivity contribution in [3.05, 3.63) is 28.8 Å². The number of morpholine rings is 1. The number of hydrogen-bond donors (Lipinski definition) is 1. The summed E-state index contributed by atoms with van der Waals surface area (Å²) < 4.78 is 43.2. The molecule has 4 nitrogen and oxygen atoms in total. The van der Waals surface area contributed by atoms with E-state index in [9.17, 15) is 18.0 Å². The predicted molar refractivity (Wildman–Crippen MR) is 80.1 cm³/mol. The lowest BCUT2D eigenvalue weighted by atomic mass is 10.2. The van der Waals surface area contributed by atoms with Crippen molar-refractivity contribution in [2.75, 3.05) is 31.6 Å². The number of carbonyl (C=O) groups is 1. The van der Waals surface area contributed by atoms with Crippen molar-refractivity contribution in [3.8, 4) is 0 Å². The molecule has 1 fully saturated rings. The molecule has 0 unspecified atom stereocenters. The van der Waals surface area contributed by atoms with Gasteiger partial charge in [0.2, 0.25) is 0 Å². The number of anilines is 1. The van der Waals surface area contributed by atoms with Crippen LogP contribution in [0, 0.1) is 0 Å². The molecular formula is C13H12ClF3N2O2S. The molecule has 1 saturated heterocycles. The number of carbonyl (C=O) groups excluding carboxylic acids is 1. The second-order valence-electron chi connectivity index (χ2n) is 4.55. The Bertz CT molecular complexity index is 589. The molecule has 0 atom stereocenters. The average Bonchev–Trinajstić information content (AvgIpc) is 2.48. The lowest BCUT2D eigenvalue weighted by Crippen LogP contribution is -2.44. The summed E-state index contributed by atoms with van der Waals surface area (Å²) in [5, 5.41) is 2.33. The highest BCUT2D eigenvalue weighted by Gasteiger charge is 2.31. The first-order chi connectivity index (χ1) is 10.3. The van der Waals surface area contributed by atoms with Gasteiger partial charge in [0.1, 0.15) is 0 Å². The van der Waals surface area contributed by atoms with Gasteiger partial charge in [-0.15, -0.1) is 0 Å². The number of benzene rings is 1. The summed E-state index contributed by atoms with van der Waals surface area (Å²) in [4.78, 5) is 13.7. The lowest BCUT2D eigenvalue weighted by molar-refractivity contribution is -0.137. The van der Waals surface area contributed by atoms with Crippen LogP contribution in [0.3, 0.4) is 0 Å². The van der Waals surface area contributed by atoms with Gasteiger partial charge in [0, 0.05) is 13.1 Å². The minimum absolute atomic E-state index is 0.00298. The lowest BCUT2D eigenvalue weighted by Gasteiger charge is -2.28. The van der Waals surface area contributed by atoms with Gasteiger partial charge in [0.05, 0.1) is 29.5 Å². The summed E-state index contributed by atoms with van der Waals surface area (Å²) in [5.74, 6) is -0.668. The first-order valence-electron chi connectivity index (χ1n) is 6.34. The van der Waals surface area contributed by atoms with Crippen LogP contribution < -0.4 is 5.32 Å². The SMILES string of the molecule is O=C(Nc1cc(C(F)(F)F)ccc1Cl)C(=S)N1CCOCC1. The van der Waals surface area contributed by atoms with Crippen molar-refractivity contribution in [1.29, 1.82) is 0 Å². The van der Waals surface area contributed by atoms with Gasteiger partial charge >= 0.3 is 6.18 Å². The van der Waals surface area contributed by atoms with Crippen molar-refractivity contribution >= 4 is 40.4 Å². The van der Waals surface area contributed by atoms with E-state index in [2.05, 4.69) is 5.32 Å². The van der Waals surface area contributed by atoms with Crippen molar-refractivity contribution in [1.82, 2.24) is 4.90 Å². The highest BCUT2D eigenvalue weighted by molar-refractivity contribution is 7.82. The number of thiocarbonyl (C=S) groups is 1. The van der Waals surface area contributed by atoms with Crippen LogP contribution in [0.5, 0.6) is 0 Å². The number of hydrogen-bond acceptors (Lipinski definition) is 3. The van der Waals surface area contributed by atoms with Crippen molar-refractivity contribution in [2.24, 2.45) is 0 Å². The van der Waals surface area contributed by atoms with Gasteiger partial charge in [-0.1, -0.05) is 23.8 Å². The molecule has 1 amide bonds. The molecule has 0 bridgehead atoms. The number of amides is 1. The number of halogens is 4. The van der Waals surface area contributed by atoms with Crippen LogP contribution >= 0.6 is 23.8 Å². The van der Waals surface area contributed by atoms with Gasteiger partial charge in [-0.2, -0.15) is 13.2 Å². The van der Waals surface area contributed by atoms with E-state index in [1.54, 1.807) is 4.90 Å². The summed E-state index contributed by atoms with van der Waals surface area (Å²) in [6.07, 6.45) is -4.52. The van der Waals surface area contributed by atoms with E-state index in [0.717, 1.165) is 18.2 Å². The molecule has 1 aliphatic heterocycles. The van der Waals surface area contributed by atoms with E-state index >= 15 is 0 Å². The molecule has 0 saturated carbocycles. The highest BCUT2D eigenvalue weighted by atomic mass is 35.5. The third kappa shape index (κ3) is 4.08. The molecule has 1 aromatic rings. The molecule has 1 aromatic carbocycles. The second kappa shape index (κ2) is 6.80. The Balaban J connectivity index is 2.12. The van der Waals surface area contributed by atoms with E-state index in [-0.39, 0.29) is 15.7 Å². The van der Waals surface area contributed by atoms with Gasteiger partial charge in [-0.3, -0.25) is 4.79 Å². The van der Waals surface area contributed by atoms with Crippen molar-refractivity contribution < 1.29 is 22.7 Å². The molecule has 1 N–H and O–H groups in total. The zero-order valence-corrected chi connectivity index (χ0v) is 12.8. The topological polar surface area (TPSA) is 41.6 Å². The Hall–Kier alpha value is -1.38. The molecule has 120 valence electrons. The smallest absolute Gasteiger partial charge is 0.378 e. The zero-order valence-electron chi connectivity index (χ0n) is 11.2. The molecule has 1 heterocycles. The van der Waals surface area contributed by atoms with E-state index < -0.39 is 17.6 Å². The van der Waals surface area contributed by atoms with E-state index in [1.165, 1.54) is 0 Å². The maximum atomic E-state index is 12.7. The normalized spacial score (nSPS) is 15.5. The Morgan fingerprint density at radius 2 is 1.95 bits per heavy atom. The summed E-state index contributed by atoms with van der Waals surface area (Å²) in [6.45, 7) is 1.81. The van der Waals surface area contributed by atoms with Crippen LogP contribution in [-0.4, -0.2) is 42.1 Å². The molecule has 0 aliphatic carbocycles. The van der Waals surface area contributed by atoms with Crippen LogP contribution in [-0.2, 0) is 15.7 Å². The second-order valence-corrected chi connectivity index (χ2v) is 5.34. The van der Waals surface area contributed by atoms with Gasteiger partial charge < -0.3 is 15.0 Å². The monoisotopic (exact) mass is 352 g/mol. The number of nitrogens with zero attached hydrogens (tertiary/aromatic N) is 1. The predicted octanol–water partition coefficient (Wildman–Crippen LogP) is 2.96. The van der Waals surface area contributed by atoms with E-state index in [4.69, 9.17) is 28.6 Å². The maximum Gasteiger partial charge on any atom is 0.416 e. The molecule has 22 heavy (non-hydrogen) atoms. The van der Waals surface area contributed by atoms with Crippen LogP contribution in [0.2, 0.25) is 5.02 Å². The molecule has 1 aliphatic rings. The van der Waals surface area contributed by atoms with Crippen molar-refractivity contribution in [3.63, 3.8) is 0 Å². The molecule has 9 heteroatoms. The third-order valence-electron chi connectivity index (χ3n) is 3.03. The highest BCUT2D eigenvalue weighted by Crippen LogP contribution is 2.33. The summed E-state index contributed by atoms with van der Waals surface area (Å²) in [5.41, 5.74) is -1.03. The van der Waals surface area contributed by atoms with Gasteiger partial charge in [-0.05, 0) is 18.2 Å². The van der Waals surface area contributed by atoms with E-state index in [0.29, 0.717) is 26.3 Å².